The number of rotatable bonds is 5. The molecule has 6 aliphatic rings. The molecule has 216 valence electrons. The summed E-state index contributed by atoms with van der Waals surface area (Å²) in [6.45, 7) is 6.24. The molecule has 1 spiro atoms. The number of hydrogen-bond acceptors (Lipinski definition) is 5. The lowest BCUT2D eigenvalue weighted by Gasteiger charge is -2.59. The van der Waals surface area contributed by atoms with Gasteiger partial charge in [-0.25, -0.2) is 5.01 Å². The van der Waals surface area contributed by atoms with Crippen molar-refractivity contribution in [3.63, 3.8) is 0 Å². The minimum absolute atomic E-state index is 0.0496. The van der Waals surface area contributed by atoms with Crippen LogP contribution in [0.3, 0.4) is 0 Å². The van der Waals surface area contributed by atoms with Crippen LogP contribution in [0, 0.1) is 28.6 Å². The number of halogens is 1. The van der Waals surface area contributed by atoms with Gasteiger partial charge in [0.15, 0.2) is 5.79 Å². The highest BCUT2D eigenvalue weighted by atomic mass is 35.5. The number of hydrogen-bond donors (Lipinski definition) is 1. The molecule has 2 aliphatic heterocycles. The van der Waals surface area contributed by atoms with E-state index in [1.54, 1.807) is 5.57 Å². The number of β-lactam (4-membered cyclic amide) rings is 1. The highest BCUT2D eigenvalue weighted by Gasteiger charge is 2.60. The number of hydrazine groups is 1. The van der Waals surface area contributed by atoms with E-state index in [1.807, 2.05) is 30.3 Å². The third kappa shape index (κ3) is 4.10. The fraction of sp³-hybridized carbons (Fsp3) is 0.688. The molecule has 2 amide bonds. The van der Waals surface area contributed by atoms with E-state index in [-0.39, 0.29) is 41.4 Å². The van der Waals surface area contributed by atoms with Crippen LogP contribution in [-0.4, -0.2) is 53.9 Å². The second kappa shape index (κ2) is 9.82. The second-order valence-electron chi connectivity index (χ2n) is 13.4. The van der Waals surface area contributed by atoms with Gasteiger partial charge in [0.1, 0.15) is 18.0 Å². The number of nitrogens with zero attached hydrogens (tertiary/aromatic N) is 1. The molecule has 2 heterocycles. The van der Waals surface area contributed by atoms with Gasteiger partial charge < -0.3 is 14.2 Å². The van der Waals surface area contributed by atoms with Gasteiger partial charge in [-0.15, -0.1) is 11.6 Å². The van der Waals surface area contributed by atoms with Crippen LogP contribution in [0.5, 0.6) is 0 Å². The van der Waals surface area contributed by atoms with Crippen LogP contribution < -0.4 is 5.43 Å². The van der Waals surface area contributed by atoms with E-state index in [2.05, 4.69) is 25.3 Å². The van der Waals surface area contributed by atoms with Gasteiger partial charge >= 0.3 is 0 Å². The fourth-order valence-corrected chi connectivity index (χ4v) is 9.86. The molecule has 8 atom stereocenters. The third-order valence-corrected chi connectivity index (χ3v) is 12.1. The Hall–Kier alpha value is -1.93. The molecular formula is C32H41ClN2O5. The largest absolute Gasteiger partial charge is 0.368 e. The number of fused-ring (bicyclic) bond motifs is 5. The van der Waals surface area contributed by atoms with E-state index >= 15 is 0 Å². The summed E-state index contributed by atoms with van der Waals surface area (Å²) in [7, 11) is 0. The molecule has 40 heavy (non-hydrogen) atoms. The first kappa shape index (κ1) is 26.9. The molecular weight excluding hydrogens is 528 g/mol. The summed E-state index contributed by atoms with van der Waals surface area (Å²) >= 11 is 6.30. The van der Waals surface area contributed by atoms with Gasteiger partial charge in [-0.1, -0.05) is 49.8 Å². The van der Waals surface area contributed by atoms with Crippen molar-refractivity contribution >= 4 is 23.4 Å². The van der Waals surface area contributed by atoms with Gasteiger partial charge in [-0.05, 0) is 85.2 Å². The maximum atomic E-state index is 12.9. The zero-order valence-corrected chi connectivity index (χ0v) is 24.3. The number of alkyl halides is 1. The van der Waals surface area contributed by atoms with Crippen molar-refractivity contribution in [2.24, 2.45) is 28.6 Å². The minimum atomic E-state index is -0.672. The van der Waals surface area contributed by atoms with Crippen molar-refractivity contribution < 1.29 is 23.8 Å². The average Bonchev–Trinajstić information content (AvgIpc) is 3.56. The van der Waals surface area contributed by atoms with E-state index in [0.29, 0.717) is 31.0 Å². The molecule has 2 saturated heterocycles. The highest BCUT2D eigenvalue weighted by Crippen LogP contribution is 2.66. The molecule has 0 aromatic heterocycles. The lowest BCUT2D eigenvalue weighted by atomic mass is 9.47. The Morgan fingerprint density at radius 2 is 1.82 bits per heavy atom. The number of nitrogens with one attached hydrogen (secondary N) is 1. The smallest absolute Gasteiger partial charge is 0.264 e. The maximum absolute atomic E-state index is 12.9. The third-order valence-electron chi connectivity index (χ3n) is 11.6. The first-order valence-electron chi connectivity index (χ1n) is 15.2. The van der Waals surface area contributed by atoms with E-state index in [1.165, 1.54) is 17.9 Å². The Labute approximate surface area is 241 Å². The van der Waals surface area contributed by atoms with Crippen molar-refractivity contribution in [2.75, 3.05) is 19.8 Å². The molecule has 4 aliphatic carbocycles. The normalized spacial score (nSPS) is 41.5. The quantitative estimate of drug-likeness (QED) is 0.296. The average molecular weight is 569 g/mol. The number of benzene rings is 1. The van der Waals surface area contributed by atoms with Gasteiger partial charge in [-0.2, -0.15) is 0 Å². The number of allylic oxidation sites excluding steroid dienone is 1. The molecule has 0 radical (unpaired) electrons. The molecule has 3 saturated carbocycles. The number of carbonyl (C=O) groups is 2. The Morgan fingerprint density at radius 3 is 2.60 bits per heavy atom. The summed E-state index contributed by atoms with van der Waals surface area (Å²) in [6.07, 6.45) is 11.3. The topological polar surface area (TPSA) is 77.1 Å². The van der Waals surface area contributed by atoms with Crippen LogP contribution in [0.2, 0.25) is 0 Å². The number of ether oxygens (including phenoxy) is 3. The van der Waals surface area contributed by atoms with E-state index in [0.717, 1.165) is 44.1 Å². The summed E-state index contributed by atoms with van der Waals surface area (Å²) in [6, 6.07) is 9.21. The van der Waals surface area contributed by atoms with Crippen LogP contribution in [0.4, 0.5) is 0 Å². The zero-order chi connectivity index (χ0) is 27.7. The summed E-state index contributed by atoms with van der Waals surface area (Å²) in [5, 5.41) is 0.682. The Balaban J connectivity index is 0.990. The van der Waals surface area contributed by atoms with Crippen molar-refractivity contribution in [3.05, 3.63) is 47.5 Å². The first-order chi connectivity index (χ1) is 19.2. The second-order valence-corrected chi connectivity index (χ2v) is 13.9. The molecule has 1 N–H and O–H groups in total. The first-order valence-corrected chi connectivity index (χ1v) is 15.6. The summed E-state index contributed by atoms with van der Waals surface area (Å²) < 4.78 is 18.5. The summed E-state index contributed by atoms with van der Waals surface area (Å²) in [4.78, 5) is 25.4. The monoisotopic (exact) mass is 568 g/mol. The van der Waals surface area contributed by atoms with Crippen LogP contribution in [-0.2, 0) is 23.8 Å². The van der Waals surface area contributed by atoms with Gasteiger partial charge in [-0.3, -0.25) is 15.0 Å². The van der Waals surface area contributed by atoms with Crippen molar-refractivity contribution in [2.45, 2.75) is 88.5 Å². The predicted octanol–water partition coefficient (Wildman–Crippen LogP) is 5.30. The van der Waals surface area contributed by atoms with Crippen molar-refractivity contribution in [1.29, 1.82) is 0 Å². The molecule has 7 rings (SSSR count). The lowest BCUT2D eigenvalue weighted by Crippen LogP contribution is -2.63. The molecule has 5 fully saturated rings. The van der Waals surface area contributed by atoms with Gasteiger partial charge in [0.2, 0.25) is 0 Å². The van der Waals surface area contributed by atoms with Crippen molar-refractivity contribution in [1.82, 2.24) is 10.4 Å². The van der Waals surface area contributed by atoms with Crippen molar-refractivity contribution in [3.8, 4) is 0 Å². The minimum Gasteiger partial charge on any atom is -0.368 e. The standard InChI is InChI=1S/C32H41ClN2O5/c1-30-14-15-32(39-16-17-40-32)18-21(30)8-9-22-23-10-11-25(31(23,2)13-12-24(22)30)38-19-26(36)34-35-28(27(33)29(35)37)20-6-4-3-5-7-20/h3-7,18,22-25,27-28H,8-17,19H2,1-2H3,(H,34,36)/t22-,23-,24-,25-,27?,28?,30-,31-/m0/s1. The van der Waals surface area contributed by atoms with Crippen LogP contribution in [0.15, 0.2) is 42.0 Å². The van der Waals surface area contributed by atoms with Gasteiger partial charge in [0.05, 0.1) is 19.3 Å². The Morgan fingerprint density at radius 1 is 1.05 bits per heavy atom. The molecule has 1 aromatic rings. The molecule has 8 heteroatoms. The lowest BCUT2D eigenvalue weighted by molar-refractivity contribution is -0.160. The summed E-state index contributed by atoms with van der Waals surface area (Å²) in [5.74, 6) is 0.935. The van der Waals surface area contributed by atoms with E-state index in [9.17, 15) is 9.59 Å². The molecule has 0 bridgehead atoms. The van der Waals surface area contributed by atoms with Crippen LogP contribution in [0.1, 0.15) is 76.8 Å². The molecule has 7 nitrogen and oxygen atoms in total. The zero-order valence-electron chi connectivity index (χ0n) is 23.6. The van der Waals surface area contributed by atoms with Crippen LogP contribution in [0.25, 0.3) is 0 Å². The fourth-order valence-electron chi connectivity index (χ4n) is 9.49. The number of amides is 2. The van der Waals surface area contributed by atoms with E-state index < -0.39 is 11.2 Å². The SMILES string of the molecule is C[C@]12CC[C@H]3[C@@H](CCC4=CC5(CC[C@@]43C)OCCO5)[C@@H]1CC[C@@H]2OCC(=O)NN1C(=O)C(Cl)C1c1ccccc1. The Kier molecular flexibility index (Phi) is 6.62. The van der Waals surface area contributed by atoms with Crippen LogP contribution >= 0.6 is 11.6 Å². The predicted molar refractivity (Wildman–Crippen MR) is 150 cm³/mol. The van der Waals surface area contributed by atoms with Gasteiger partial charge in [0, 0.05) is 6.42 Å². The highest BCUT2D eigenvalue weighted by molar-refractivity contribution is 6.33. The summed E-state index contributed by atoms with van der Waals surface area (Å²) in [5.41, 5.74) is 5.53. The number of carbonyl (C=O) groups excluding carboxylic acids is 2. The maximum Gasteiger partial charge on any atom is 0.264 e. The molecule has 1 aromatic carbocycles. The van der Waals surface area contributed by atoms with E-state index in [4.69, 9.17) is 25.8 Å². The van der Waals surface area contributed by atoms with Gasteiger partial charge in [0.25, 0.3) is 11.8 Å². The Bertz CT molecular complexity index is 1200. The molecule has 2 unspecified atom stereocenters.